The van der Waals surface area contributed by atoms with E-state index in [4.69, 9.17) is 11.5 Å². The fraction of sp³-hybridized carbons (Fsp3) is 0.154. The van der Waals surface area contributed by atoms with E-state index in [1.54, 1.807) is 0 Å². The van der Waals surface area contributed by atoms with E-state index < -0.39 is 5.91 Å². The highest BCUT2D eigenvalue weighted by molar-refractivity contribution is 5.95. The van der Waals surface area contributed by atoms with Crippen molar-refractivity contribution in [1.29, 1.82) is 0 Å². The van der Waals surface area contributed by atoms with E-state index in [2.05, 4.69) is 9.97 Å². The molecule has 0 unspecified atom stereocenters. The highest BCUT2D eigenvalue weighted by Crippen LogP contribution is 2.16. The van der Waals surface area contributed by atoms with Crippen LogP contribution in [0.1, 0.15) is 16.1 Å². The van der Waals surface area contributed by atoms with Gasteiger partial charge >= 0.3 is 0 Å². The minimum Gasteiger partial charge on any atom is -0.399 e. The van der Waals surface area contributed by atoms with E-state index in [1.807, 2.05) is 36.2 Å². The third-order valence-corrected chi connectivity index (χ3v) is 2.64. The highest BCUT2D eigenvalue weighted by Gasteiger charge is 2.14. The second-order valence-electron chi connectivity index (χ2n) is 4.19. The lowest BCUT2D eigenvalue weighted by Gasteiger charge is -2.19. The minimum absolute atomic E-state index is 0.161. The van der Waals surface area contributed by atoms with E-state index in [-0.39, 0.29) is 5.69 Å². The maximum Gasteiger partial charge on any atom is 0.271 e. The smallest absolute Gasteiger partial charge is 0.271 e. The number of rotatable bonds is 4. The summed E-state index contributed by atoms with van der Waals surface area (Å²) in [6.45, 7) is 0.560. The summed E-state index contributed by atoms with van der Waals surface area (Å²) in [7, 11) is 1.82. The number of primary amides is 1. The number of benzene rings is 1. The Bertz CT molecular complexity index is 599. The fourth-order valence-electron chi connectivity index (χ4n) is 1.82. The maximum absolute atomic E-state index is 11.3. The summed E-state index contributed by atoms with van der Waals surface area (Å²) in [6.07, 6.45) is 2.97. The third-order valence-electron chi connectivity index (χ3n) is 2.64. The average molecular weight is 257 g/mol. The van der Waals surface area contributed by atoms with Gasteiger partial charge in [0.2, 0.25) is 0 Å². The molecular formula is C13H15N5O. The second kappa shape index (κ2) is 5.34. The summed E-state index contributed by atoms with van der Waals surface area (Å²) in [4.78, 5) is 21.2. The van der Waals surface area contributed by atoms with Gasteiger partial charge in [0.05, 0.1) is 0 Å². The number of amides is 1. The zero-order valence-electron chi connectivity index (χ0n) is 10.6. The molecule has 1 amide bonds. The highest BCUT2D eigenvalue weighted by atomic mass is 16.1. The van der Waals surface area contributed by atoms with Crippen LogP contribution in [0.5, 0.6) is 0 Å². The van der Waals surface area contributed by atoms with E-state index >= 15 is 0 Å². The van der Waals surface area contributed by atoms with Crippen molar-refractivity contribution < 1.29 is 4.79 Å². The van der Waals surface area contributed by atoms with Gasteiger partial charge in [-0.2, -0.15) is 0 Å². The molecule has 0 aliphatic rings. The fourth-order valence-corrected chi connectivity index (χ4v) is 1.82. The number of nitrogen functional groups attached to an aromatic ring is 1. The number of hydrogen-bond donors (Lipinski definition) is 2. The van der Waals surface area contributed by atoms with Crippen molar-refractivity contribution >= 4 is 17.4 Å². The van der Waals surface area contributed by atoms with Gasteiger partial charge in [0, 0.05) is 31.7 Å². The van der Waals surface area contributed by atoms with Crippen molar-refractivity contribution in [1.82, 2.24) is 9.97 Å². The summed E-state index contributed by atoms with van der Waals surface area (Å²) in [5.41, 5.74) is 12.9. The van der Waals surface area contributed by atoms with Gasteiger partial charge in [-0.3, -0.25) is 4.79 Å². The van der Waals surface area contributed by atoms with Crippen molar-refractivity contribution in [3.8, 4) is 0 Å². The molecule has 0 aliphatic heterocycles. The summed E-state index contributed by atoms with van der Waals surface area (Å²) in [5.74, 6) is -0.139. The first-order valence-corrected chi connectivity index (χ1v) is 5.74. The Morgan fingerprint density at radius 2 is 2.05 bits per heavy atom. The summed E-state index contributed by atoms with van der Waals surface area (Å²) in [5, 5.41) is 0. The second-order valence-corrected chi connectivity index (χ2v) is 4.19. The Morgan fingerprint density at radius 3 is 2.74 bits per heavy atom. The number of aromatic nitrogens is 2. The molecule has 0 aliphatic carbocycles. The van der Waals surface area contributed by atoms with Crippen LogP contribution in [-0.4, -0.2) is 22.9 Å². The van der Waals surface area contributed by atoms with Gasteiger partial charge in [0.25, 0.3) is 5.91 Å². The molecular weight excluding hydrogens is 242 g/mol. The predicted octanol–water partition coefficient (Wildman–Crippen LogP) is 0.794. The number of carbonyl (C=O) groups is 1. The standard InChI is InChI=1S/C13H15N5O/c1-18(8-9-3-2-4-10(14)7-9)13-11(12(15)19)16-5-6-17-13/h2-7H,8,14H2,1H3,(H2,15,19). The van der Waals surface area contributed by atoms with Crippen molar-refractivity contribution in [2.24, 2.45) is 5.73 Å². The normalized spacial score (nSPS) is 10.2. The first kappa shape index (κ1) is 12.8. The summed E-state index contributed by atoms with van der Waals surface area (Å²) < 4.78 is 0. The monoisotopic (exact) mass is 257 g/mol. The molecule has 0 bridgehead atoms. The predicted molar refractivity (Wildman–Crippen MR) is 73.5 cm³/mol. The lowest BCUT2D eigenvalue weighted by atomic mass is 10.2. The van der Waals surface area contributed by atoms with E-state index in [0.717, 1.165) is 5.56 Å². The van der Waals surface area contributed by atoms with Crippen LogP contribution < -0.4 is 16.4 Å². The molecule has 6 nitrogen and oxygen atoms in total. The Morgan fingerprint density at radius 1 is 1.32 bits per heavy atom. The summed E-state index contributed by atoms with van der Waals surface area (Å²) in [6, 6.07) is 7.52. The number of carbonyl (C=O) groups excluding carboxylic acids is 1. The van der Waals surface area contributed by atoms with Crippen LogP contribution in [0.25, 0.3) is 0 Å². The lowest BCUT2D eigenvalue weighted by molar-refractivity contribution is 0.0995. The van der Waals surface area contributed by atoms with Gasteiger partial charge in [-0.25, -0.2) is 9.97 Å². The SMILES string of the molecule is CN(Cc1cccc(N)c1)c1nccnc1C(N)=O. The lowest BCUT2D eigenvalue weighted by Crippen LogP contribution is -2.24. The molecule has 6 heteroatoms. The first-order valence-electron chi connectivity index (χ1n) is 5.74. The van der Waals surface area contributed by atoms with Gasteiger partial charge in [-0.15, -0.1) is 0 Å². The third kappa shape index (κ3) is 2.98. The molecule has 0 atom stereocenters. The first-order chi connectivity index (χ1) is 9.08. The molecule has 0 radical (unpaired) electrons. The molecule has 0 fully saturated rings. The quantitative estimate of drug-likeness (QED) is 0.789. The molecule has 1 aromatic carbocycles. The summed E-state index contributed by atoms with van der Waals surface area (Å²) >= 11 is 0. The number of hydrogen-bond acceptors (Lipinski definition) is 5. The average Bonchev–Trinajstić information content (AvgIpc) is 2.38. The molecule has 1 heterocycles. The van der Waals surface area contributed by atoms with Crippen molar-refractivity contribution in [3.05, 3.63) is 47.9 Å². The van der Waals surface area contributed by atoms with E-state index in [9.17, 15) is 4.79 Å². The maximum atomic E-state index is 11.3. The van der Waals surface area contributed by atoms with Crippen molar-refractivity contribution in [3.63, 3.8) is 0 Å². The van der Waals surface area contributed by atoms with Crippen LogP contribution in [0.4, 0.5) is 11.5 Å². The van der Waals surface area contributed by atoms with Gasteiger partial charge in [-0.1, -0.05) is 12.1 Å². The number of anilines is 2. The molecule has 2 rings (SSSR count). The molecule has 1 aromatic heterocycles. The zero-order valence-corrected chi connectivity index (χ0v) is 10.6. The van der Waals surface area contributed by atoms with E-state index in [1.165, 1.54) is 12.4 Å². The van der Waals surface area contributed by atoms with Crippen LogP contribution in [0.2, 0.25) is 0 Å². The van der Waals surface area contributed by atoms with Crippen LogP contribution in [0.15, 0.2) is 36.7 Å². The Labute approximate surface area is 111 Å². The number of nitrogens with zero attached hydrogens (tertiary/aromatic N) is 3. The molecule has 4 N–H and O–H groups in total. The largest absolute Gasteiger partial charge is 0.399 e. The Hall–Kier alpha value is -2.63. The van der Waals surface area contributed by atoms with Crippen LogP contribution in [-0.2, 0) is 6.54 Å². The van der Waals surface area contributed by atoms with Gasteiger partial charge in [-0.05, 0) is 17.7 Å². The van der Waals surface area contributed by atoms with E-state index in [0.29, 0.717) is 18.1 Å². The number of nitrogens with two attached hydrogens (primary N) is 2. The van der Waals surface area contributed by atoms with Gasteiger partial charge < -0.3 is 16.4 Å². The molecule has 0 saturated heterocycles. The van der Waals surface area contributed by atoms with Crippen molar-refractivity contribution in [2.45, 2.75) is 6.54 Å². The molecule has 0 spiro atoms. The van der Waals surface area contributed by atoms with Gasteiger partial charge in [0.1, 0.15) is 0 Å². The molecule has 98 valence electrons. The van der Waals surface area contributed by atoms with Crippen LogP contribution in [0.3, 0.4) is 0 Å². The Balaban J connectivity index is 2.25. The topological polar surface area (TPSA) is 98.1 Å². The zero-order chi connectivity index (χ0) is 13.8. The van der Waals surface area contributed by atoms with Crippen LogP contribution in [0, 0.1) is 0 Å². The van der Waals surface area contributed by atoms with Gasteiger partial charge in [0.15, 0.2) is 11.5 Å². The molecule has 0 saturated carbocycles. The van der Waals surface area contributed by atoms with Crippen molar-refractivity contribution in [2.75, 3.05) is 17.7 Å². The molecule has 2 aromatic rings. The minimum atomic E-state index is -0.595. The van der Waals surface area contributed by atoms with Crippen LogP contribution >= 0.6 is 0 Å². The Kier molecular flexibility index (Phi) is 3.61. The molecule has 19 heavy (non-hydrogen) atoms.